The summed E-state index contributed by atoms with van der Waals surface area (Å²) >= 11 is 3.16. The zero-order valence-electron chi connectivity index (χ0n) is 8.61. The molecule has 7 heteroatoms. The van der Waals surface area contributed by atoms with Crippen molar-refractivity contribution in [2.75, 3.05) is 11.0 Å². The average molecular weight is 308 g/mol. The van der Waals surface area contributed by atoms with Crippen LogP contribution >= 0.6 is 15.9 Å². The fraction of sp³-hybridized carbons (Fsp3) is 0.222. The van der Waals surface area contributed by atoms with Gasteiger partial charge in [0, 0.05) is 4.47 Å². The molecular formula is C9H10BrNO4S. The molecule has 1 aromatic carbocycles. The van der Waals surface area contributed by atoms with Gasteiger partial charge < -0.3 is 5.11 Å². The van der Waals surface area contributed by atoms with Crippen molar-refractivity contribution in [3.63, 3.8) is 0 Å². The Labute approximate surface area is 102 Å². The van der Waals surface area contributed by atoms with Gasteiger partial charge in [0.15, 0.2) is 0 Å². The largest absolute Gasteiger partial charge is 0.478 e. The number of anilines is 1. The first kappa shape index (κ1) is 13.0. The number of aryl methyl sites for hydroxylation is 1. The Bertz CT molecular complexity index is 539. The summed E-state index contributed by atoms with van der Waals surface area (Å²) in [6.45, 7) is 1.64. The van der Waals surface area contributed by atoms with Gasteiger partial charge >= 0.3 is 5.97 Å². The van der Waals surface area contributed by atoms with Crippen molar-refractivity contribution in [2.45, 2.75) is 6.92 Å². The van der Waals surface area contributed by atoms with E-state index in [0.29, 0.717) is 10.0 Å². The maximum absolute atomic E-state index is 11.0. The molecule has 0 saturated heterocycles. The van der Waals surface area contributed by atoms with E-state index in [1.54, 1.807) is 13.0 Å². The van der Waals surface area contributed by atoms with E-state index in [1.807, 2.05) is 0 Å². The Balaban J connectivity index is 3.31. The summed E-state index contributed by atoms with van der Waals surface area (Å²) in [6, 6.07) is 2.83. The van der Waals surface area contributed by atoms with Crippen LogP contribution in [0.25, 0.3) is 0 Å². The second-order valence-corrected chi connectivity index (χ2v) is 5.93. The molecule has 0 unspecified atom stereocenters. The molecule has 0 fully saturated rings. The zero-order valence-corrected chi connectivity index (χ0v) is 11.0. The Morgan fingerprint density at radius 1 is 1.44 bits per heavy atom. The molecule has 88 valence electrons. The molecule has 0 atom stereocenters. The number of hydrogen-bond acceptors (Lipinski definition) is 3. The van der Waals surface area contributed by atoms with Crippen LogP contribution in [0.1, 0.15) is 15.9 Å². The summed E-state index contributed by atoms with van der Waals surface area (Å²) < 4.78 is 24.8. The lowest BCUT2D eigenvalue weighted by Crippen LogP contribution is -2.11. The van der Waals surface area contributed by atoms with Crippen molar-refractivity contribution in [2.24, 2.45) is 0 Å². The van der Waals surface area contributed by atoms with Crippen LogP contribution in [0.2, 0.25) is 0 Å². The SMILES string of the molecule is Cc1cc(Br)c(NS(C)(=O)=O)cc1C(=O)O. The predicted octanol–water partition coefficient (Wildman–Crippen LogP) is 1.83. The number of carboxylic acids is 1. The molecule has 0 heterocycles. The summed E-state index contributed by atoms with van der Waals surface area (Å²) in [6.07, 6.45) is 1.000. The average Bonchev–Trinajstić information content (AvgIpc) is 2.07. The molecule has 0 spiro atoms. The highest BCUT2D eigenvalue weighted by Crippen LogP contribution is 2.27. The van der Waals surface area contributed by atoms with E-state index in [9.17, 15) is 13.2 Å². The number of hydrogen-bond donors (Lipinski definition) is 2. The molecule has 0 aromatic heterocycles. The van der Waals surface area contributed by atoms with Gasteiger partial charge in [0.1, 0.15) is 0 Å². The van der Waals surface area contributed by atoms with E-state index in [4.69, 9.17) is 5.11 Å². The molecule has 16 heavy (non-hydrogen) atoms. The molecule has 1 rings (SSSR count). The number of carbonyl (C=O) groups is 1. The molecule has 0 amide bonds. The normalized spacial score (nSPS) is 11.2. The number of nitrogens with one attached hydrogen (secondary N) is 1. The first-order valence-corrected chi connectivity index (χ1v) is 6.90. The number of aromatic carboxylic acids is 1. The fourth-order valence-corrected chi connectivity index (χ4v) is 2.44. The maximum Gasteiger partial charge on any atom is 0.336 e. The molecule has 0 aliphatic carbocycles. The Morgan fingerprint density at radius 2 is 2.00 bits per heavy atom. The minimum atomic E-state index is -3.43. The third kappa shape index (κ3) is 3.21. The molecule has 0 aliphatic heterocycles. The van der Waals surface area contributed by atoms with Crippen LogP contribution in [0.3, 0.4) is 0 Å². The van der Waals surface area contributed by atoms with Crippen LogP contribution in [0.5, 0.6) is 0 Å². The first-order valence-electron chi connectivity index (χ1n) is 4.22. The van der Waals surface area contributed by atoms with Gasteiger partial charge in [-0.3, -0.25) is 4.72 Å². The van der Waals surface area contributed by atoms with Crippen LogP contribution in [0.15, 0.2) is 16.6 Å². The standard InChI is InChI=1S/C9H10BrNO4S/c1-5-3-7(10)8(11-16(2,14)15)4-6(5)9(12)13/h3-4,11H,1-2H3,(H,12,13). The van der Waals surface area contributed by atoms with Crippen LogP contribution in [-0.2, 0) is 10.0 Å². The summed E-state index contributed by atoms with van der Waals surface area (Å²) in [7, 11) is -3.43. The molecule has 0 aliphatic rings. The van der Waals surface area contributed by atoms with E-state index in [0.717, 1.165) is 6.26 Å². The quantitative estimate of drug-likeness (QED) is 0.892. The number of rotatable bonds is 3. The smallest absolute Gasteiger partial charge is 0.336 e. The first-order chi connectivity index (χ1) is 7.20. The third-order valence-electron chi connectivity index (χ3n) is 1.84. The van der Waals surface area contributed by atoms with E-state index < -0.39 is 16.0 Å². The fourth-order valence-electron chi connectivity index (χ4n) is 1.18. The van der Waals surface area contributed by atoms with Gasteiger partial charge in [0.25, 0.3) is 0 Å². The Kier molecular flexibility index (Phi) is 3.59. The van der Waals surface area contributed by atoms with Crippen molar-refractivity contribution in [3.8, 4) is 0 Å². The van der Waals surface area contributed by atoms with Crippen molar-refractivity contribution in [3.05, 3.63) is 27.7 Å². The molecule has 0 radical (unpaired) electrons. The van der Waals surface area contributed by atoms with Gasteiger partial charge in [-0.25, -0.2) is 13.2 Å². The topological polar surface area (TPSA) is 83.5 Å². The van der Waals surface area contributed by atoms with E-state index in [-0.39, 0.29) is 11.3 Å². The summed E-state index contributed by atoms with van der Waals surface area (Å²) in [4.78, 5) is 10.9. The van der Waals surface area contributed by atoms with Gasteiger partial charge in [-0.05, 0) is 40.5 Å². The van der Waals surface area contributed by atoms with Gasteiger partial charge in [0.05, 0.1) is 17.5 Å². The van der Waals surface area contributed by atoms with Gasteiger partial charge in [-0.15, -0.1) is 0 Å². The predicted molar refractivity (Wildman–Crippen MR) is 64.3 cm³/mol. The van der Waals surface area contributed by atoms with Crippen molar-refractivity contribution < 1.29 is 18.3 Å². The van der Waals surface area contributed by atoms with Crippen LogP contribution in [0.4, 0.5) is 5.69 Å². The summed E-state index contributed by atoms with van der Waals surface area (Å²) in [5.41, 5.74) is 0.832. The lowest BCUT2D eigenvalue weighted by Gasteiger charge is -2.09. The van der Waals surface area contributed by atoms with Gasteiger partial charge in [-0.1, -0.05) is 0 Å². The number of carboxylic acid groups (broad SMARTS) is 1. The maximum atomic E-state index is 11.0. The van der Waals surface area contributed by atoms with Crippen LogP contribution < -0.4 is 4.72 Å². The molecule has 2 N–H and O–H groups in total. The van der Waals surface area contributed by atoms with E-state index >= 15 is 0 Å². The second-order valence-electron chi connectivity index (χ2n) is 3.33. The van der Waals surface area contributed by atoms with Crippen LogP contribution in [-0.4, -0.2) is 25.7 Å². The molecule has 5 nitrogen and oxygen atoms in total. The zero-order chi connectivity index (χ0) is 12.5. The van der Waals surface area contributed by atoms with Crippen LogP contribution in [0, 0.1) is 6.92 Å². The molecule has 0 saturated carbocycles. The van der Waals surface area contributed by atoms with Crippen molar-refractivity contribution in [1.82, 2.24) is 0 Å². The minimum Gasteiger partial charge on any atom is -0.478 e. The van der Waals surface area contributed by atoms with E-state index in [1.165, 1.54) is 6.07 Å². The summed E-state index contributed by atoms with van der Waals surface area (Å²) in [5.74, 6) is -1.10. The van der Waals surface area contributed by atoms with Gasteiger partial charge in [0.2, 0.25) is 10.0 Å². The number of sulfonamides is 1. The van der Waals surface area contributed by atoms with E-state index in [2.05, 4.69) is 20.7 Å². The molecular weight excluding hydrogens is 298 g/mol. The number of halogens is 1. The molecule has 0 bridgehead atoms. The number of benzene rings is 1. The summed E-state index contributed by atoms with van der Waals surface area (Å²) in [5, 5.41) is 8.89. The Hall–Kier alpha value is -1.08. The Morgan fingerprint density at radius 3 is 2.44 bits per heavy atom. The lowest BCUT2D eigenvalue weighted by atomic mass is 10.1. The third-order valence-corrected chi connectivity index (χ3v) is 3.09. The highest BCUT2D eigenvalue weighted by Gasteiger charge is 2.13. The van der Waals surface area contributed by atoms with Gasteiger partial charge in [-0.2, -0.15) is 0 Å². The van der Waals surface area contributed by atoms with Crippen molar-refractivity contribution in [1.29, 1.82) is 0 Å². The second kappa shape index (κ2) is 4.42. The highest BCUT2D eigenvalue weighted by atomic mass is 79.9. The van der Waals surface area contributed by atoms with Crippen molar-refractivity contribution >= 4 is 37.6 Å². The highest BCUT2D eigenvalue weighted by molar-refractivity contribution is 9.10. The lowest BCUT2D eigenvalue weighted by molar-refractivity contribution is 0.0696. The monoisotopic (exact) mass is 307 g/mol. The molecule has 1 aromatic rings. The minimum absolute atomic E-state index is 0.0642.